The Kier molecular flexibility index (Phi) is 7.76. The fourth-order valence-corrected chi connectivity index (χ4v) is 2.27. The fraction of sp³-hybridized carbons (Fsp3) is 1.00. The second kappa shape index (κ2) is 8.93. The average Bonchev–Trinajstić information content (AvgIpc) is 2.72. The highest BCUT2D eigenvalue weighted by atomic mass is 16.5. The molecule has 1 heterocycles. The van der Waals surface area contributed by atoms with Crippen LogP contribution in [0.25, 0.3) is 0 Å². The lowest BCUT2D eigenvalue weighted by molar-refractivity contribution is 0.0646. The first-order chi connectivity index (χ1) is 7.88. The van der Waals surface area contributed by atoms with E-state index < -0.39 is 0 Å². The summed E-state index contributed by atoms with van der Waals surface area (Å²) in [4.78, 5) is 2.58. The van der Waals surface area contributed by atoms with Crippen molar-refractivity contribution in [3.05, 3.63) is 0 Å². The summed E-state index contributed by atoms with van der Waals surface area (Å²) in [5.41, 5.74) is 0. The number of rotatable bonds is 9. The molecule has 1 N–H and O–H groups in total. The van der Waals surface area contributed by atoms with E-state index in [2.05, 4.69) is 10.2 Å². The van der Waals surface area contributed by atoms with Gasteiger partial charge in [0.2, 0.25) is 0 Å². The SMILES string of the molecule is CNCC1CCCN1CCCOCCOC. The standard InChI is InChI=1S/C12H26N2O2/c1-13-11-12-5-3-6-14(12)7-4-8-16-10-9-15-2/h12-13H,3-11H2,1-2H3. The smallest absolute Gasteiger partial charge is 0.0700 e. The maximum atomic E-state index is 5.46. The second-order valence-electron chi connectivity index (χ2n) is 4.35. The Morgan fingerprint density at radius 1 is 1.31 bits per heavy atom. The molecule has 0 aromatic heterocycles. The zero-order valence-corrected chi connectivity index (χ0v) is 10.7. The summed E-state index contributed by atoms with van der Waals surface area (Å²) in [6.45, 7) is 5.81. The Balaban J connectivity index is 1.99. The lowest BCUT2D eigenvalue weighted by atomic mass is 10.2. The van der Waals surface area contributed by atoms with Crippen LogP contribution in [0.2, 0.25) is 0 Å². The quantitative estimate of drug-likeness (QED) is 0.592. The van der Waals surface area contributed by atoms with E-state index in [1.807, 2.05) is 7.05 Å². The molecular formula is C12H26N2O2. The highest BCUT2D eigenvalue weighted by Gasteiger charge is 2.22. The Hall–Kier alpha value is -0.160. The van der Waals surface area contributed by atoms with Gasteiger partial charge in [-0.15, -0.1) is 0 Å². The van der Waals surface area contributed by atoms with Crippen molar-refractivity contribution < 1.29 is 9.47 Å². The monoisotopic (exact) mass is 230 g/mol. The van der Waals surface area contributed by atoms with E-state index in [0.717, 1.165) is 32.2 Å². The molecule has 0 aliphatic carbocycles. The first-order valence-electron chi connectivity index (χ1n) is 6.33. The molecule has 0 spiro atoms. The summed E-state index contributed by atoms with van der Waals surface area (Å²) >= 11 is 0. The van der Waals surface area contributed by atoms with Crippen molar-refractivity contribution in [2.75, 3.05) is 53.6 Å². The third kappa shape index (κ3) is 5.25. The lowest BCUT2D eigenvalue weighted by Crippen LogP contribution is -2.37. The molecule has 96 valence electrons. The van der Waals surface area contributed by atoms with E-state index >= 15 is 0 Å². The minimum absolute atomic E-state index is 0.700. The number of hydrogen-bond donors (Lipinski definition) is 1. The third-order valence-corrected chi connectivity index (χ3v) is 3.10. The number of likely N-dealkylation sites (N-methyl/N-ethyl adjacent to an activating group) is 1. The topological polar surface area (TPSA) is 33.7 Å². The summed E-state index contributed by atoms with van der Waals surface area (Å²) < 4.78 is 10.4. The summed E-state index contributed by atoms with van der Waals surface area (Å²) in [6, 6.07) is 0.740. The molecule has 0 aromatic rings. The van der Waals surface area contributed by atoms with Gasteiger partial charge in [-0.3, -0.25) is 4.90 Å². The minimum atomic E-state index is 0.700. The molecule has 1 rings (SSSR count). The Morgan fingerprint density at radius 3 is 2.94 bits per heavy atom. The van der Waals surface area contributed by atoms with Crippen LogP contribution < -0.4 is 5.32 Å². The molecule has 1 unspecified atom stereocenters. The van der Waals surface area contributed by atoms with E-state index in [4.69, 9.17) is 9.47 Å². The Bertz CT molecular complexity index is 167. The predicted molar refractivity (Wildman–Crippen MR) is 65.8 cm³/mol. The molecule has 0 amide bonds. The van der Waals surface area contributed by atoms with Crippen LogP contribution in [0.3, 0.4) is 0 Å². The number of nitrogens with zero attached hydrogens (tertiary/aromatic N) is 1. The minimum Gasteiger partial charge on any atom is -0.382 e. The van der Waals surface area contributed by atoms with Crippen LogP contribution in [0.1, 0.15) is 19.3 Å². The van der Waals surface area contributed by atoms with Gasteiger partial charge in [-0.05, 0) is 32.9 Å². The van der Waals surface area contributed by atoms with Gasteiger partial charge < -0.3 is 14.8 Å². The maximum absolute atomic E-state index is 5.46. The molecule has 4 heteroatoms. The van der Waals surface area contributed by atoms with Crippen LogP contribution >= 0.6 is 0 Å². The van der Waals surface area contributed by atoms with Crippen molar-refractivity contribution in [1.29, 1.82) is 0 Å². The largest absolute Gasteiger partial charge is 0.382 e. The highest BCUT2D eigenvalue weighted by molar-refractivity contribution is 4.80. The van der Waals surface area contributed by atoms with Gasteiger partial charge in [-0.1, -0.05) is 0 Å². The summed E-state index contributed by atoms with van der Waals surface area (Å²) in [5, 5.41) is 3.27. The summed E-state index contributed by atoms with van der Waals surface area (Å²) in [5.74, 6) is 0. The Labute approximate surface area is 99.3 Å². The molecule has 1 aliphatic heterocycles. The number of ether oxygens (including phenoxy) is 2. The van der Waals surface area contributed by atoms with Crippen molar-refractivity contribution in [3.8, 4) is 0 Å². The average molecular weight is 230 g/mol. The normalized spacial score (nSPS) is 21.8. The molecule has 1 aliphatic rings. The molecular weight excluding hydrogens is 204 g/mol. The van der Waals surface area contributed by atoms with Crippen molar-refractivity contribution in [1.82, 2.24) is 10.2 Å². The molecule has 0 saturated carbocycles. The number of methoxy groups -OCH3 is 1. The van der Waals surface area contributed by atoms with Crippen LogP contribution in [0, 0.1) is 0 Å². The first-order valence-corrected chi connectivity index (χ1v) is 6.33. The third-order valence-electron chi connectivity index (χ3n) is 3.10. The van der Waals surface area contributed by atoms with Crippen LogP contribution in [0.4, 0.5) is 0 Å². The van der Waals surface area contributed by atoms with Gasteiger partial charge in [0.25, 0.3) is 0 Å². The molecule has 4 nitrogen and oxygen atoms in total. The maximum Gasteiger partial charge on any atom is 0.0700 e. The van der Waals surface area contributed by atoms with Gasteiger partial charge in [0.1, 0.15) is 0 Å². The van der Waals surface area contributed by atoms with Gasteiger partial charge in [0.05, 0.1) is 13.2 Å². The molecule has 0 aromatic carbocycles. The number of likely N-dealkylation sites (tertiary alicyclic amines) is 1. The van der Waals surface area contributed by atoms with Gasteiger partial charge in [0.15, 0.2) is 0 Å². The second-order valence-corrected chi connectivity index (χ2v) is 4.35. The first kappa shape index (κ1) is 13.9. The Morgan fingerprint density at radius 2 is 2.19 bits per heavy atom. The van der Waals surface area contributed by atoms with E-state index in [9.17, 15) is 0 Å². The fourth-order valence-electron chi connectivity index (χ4n) is 2.27. The van der Waals surface area contributed by atoms with Crippen molar-refractivity contribution in [2.45, 2.75) is 25.3 Å². The van der Waals surface area contributed by atoms with Gasteiger partial charge in [-0.2, -0.15) is 0 Å². The molecule has 1 saturated heterocycles. The zero-order valence-electron chi connectivity index (χ0n) is 10.7. The molecule has 1 fully saturated rings. The number of nitrogens with one attached hydrogen (secondary N) is 1. The number of hydrogen-bond acceptors (Lipinski definition) is 4. The van der Waals surface area contributed by atoms with Crippen molar-refractivity contribution >= 4 is 0 Å². The van der Waals surface area contributed by atoms with E-state index in [0.29, 0.717) is 6.61 Å². The molecule has 16 heavy (non-hydrogen) atoms. The van der Waals surface area contributed by atoms with Gasteiger partial charge >= 0.3 is 0 Å². The molecule has 0 radical (unpaired) electrons. The van der Waals surface area contributed by atoms with E-state index in [1.165, 1.54) is 25.9 Å². The van der Waals surface area contributed by atoms with Gasteiger partial charge in [0, 0.05) is 32.8 Å². The van der Waals surface area contributed by atoms with E-state index in [1.54, 1.807) is 7.11 Å². The van der Waals surface area contributed by atoms with Crippen LogP contribution in [0.15, 0.2) is 0 Å². The zero-order chi connectivity index (χ0) is 11.6. The lowest BCUT2D eigenvalue weighted by Gasteiger charge is -2.24. The predicted octanol–water partition coefficient (Wildman–Crippen LogP) is 0.723. The van der Waals surface area contributed by atoms with Crippen molar-refractivity contribution in [2.24, 2.45) is 0 Å². The molecule has 1 atom stereocenters. The van der Waals surface area contributed by atoms with Gasteiger partial charge in [-0.25, -0.2) is 0 Å². The highest BCUT2D eigenvalue weighted by Crippen LogP contribution is 2.16. The van der Waals surface area contributed by atoms with Crippen LogP contribution in [0.5, 0.6) is 0 Å². The van der Waals surface area contributed by atoms with E-state index in [-0.39, 0.29) is 0 Å². The van der Waals surface area contributed by atoms with Crippen LogP contribution in [-0.2, 0) is 9.47 Å². The molecule has 0 bridgehead atoms. The van der Waals surface area contributed by atoms with Crippen molar-refractivity contribution in [3.63, 3.8) is 0 Å². The van der Waals surface area contributed by atoms with Crippen LogP contribution in [-0.4, -0.2) is 64.6 Å². The summed E-state index contributed by atoms with van der Waals surface area (Å²) in [6.07, 6.45) is 3.81. The summed E-state index contributed by atoms with van der Waals surface area (Å²) in [7, 11) is 3.74.